The SMILES string of the molecule is O=C(O)c1ccccc1CCNC(=O)c1ccoc1Cl. The maximum Gasteiger partial charge on any atom is 0.335 e. The molecule has 0 aliphatic carbocycles. The molecule has 0 radical (unpaired) electrons. The lowest BCUT2D eigenvalue weighted by molar-refractivity contribution is 0.0695. The predicted molar refractivity (Wildman–Crippen MR) is 73.2 cm³/mol. The third-order valence-electron chi connectivity index (χ3n) is 2.79. The molecular formula is C14H12ClNO4. The largest absolute Gasteiger partial charge is 0.478 e. The fourth-order valence-electron chi connectivity index (χ4n) is 1.81. The van der Waals surface area contributed by atoms with Gasteiger partial charge in [-0.3, -0.25) is 4.79 Å². The number of rotatable bonds is 5. The summed E-state index contributed by atoms with van der Waals surface area (Å²) in [7, 11) is 0. The average molecular weight is 294 g/mol. The second kappa shape index (κ2) is 6.25. The topological polar surface area (TPSA) is 79.5 Å². The second-order valence-corrected chi connectivity index (χ2v) is 4.42. The van der Waals surface area contributed by atoms with Crippen molar-refractivity contribution in [2.75, 3.05) is 6.54 Å². The molecule has 0 spiro atoms. The van der Waals surface area contributed by atoms with Gasteiger partial charge in [-0.2, -0.15) is 0 Å². The number of carbonyl (C=O) groups excluding carboxylic acids is 1. The van der Waals surface area contributed by atoms with Crippen molar-refractivity contribution in [2.45, 2.75) is 6.42 Å². The maximum absolute atomic E-state index is 11.8. The molecule has 2 aromatic rings. The van der Waals surface area contributed by atoms with E-state index in [9.17, 15) is 9.59 Å². The van der Waals surface area contributed by atoms with Crippen LogP contribution in [0.15, 0.2) is 41.0 Å². The summed E-state index contributed by atoms with van der Waals surface area (Å²) in [6.07, 6.45) is 1.75. The highest BCUT2D eigenvalue weighted by molar-refractivity contribution is 6.32. The zero-order valence-corrected chi connectivity index (χ0v) is 11.2. The molecule has 0 saturated carbocycles. The fraction of sp³-hybridized carbons (Fsp3) is 0.143. The van der Waals surface area contributed by atoms with E-state index in [1.807, 2.05) is 0 Å². The van der Waals surface area contributed by atoms with E-state index in [0.29, 0.717) is 18.5 Å². The molecule has 1 aromatic carbocycles. The molecule has 6 heteroatoms. The van der Waals surface area contributed by atoms with Crippen LogP contribution in [0.25, 0.3) is 0 Å². The Morgan fingerprint density at radius 3 is 2.60 bits per heavy atom. The first-order valence-electron chi connectivity index (χ1n) is 5.92. The van der Waals surface area contributed by atoms with Gasteiger partial charge in [0, 0.05) is 6.54 Å². The Bertz CT molecular complexity index is 636. The summed E-state index contributed by atoms with van der Waals surface area (Å²) in [5.41, 5.74) is 1.17. The Morgan fingerprint density at radius 1 is 1.20 bits per heavy atom. The van der Waals surface area contributed by atoms with Crippen molar-refractivity contribution in [3.63, 3.8) is 0 Å². The van der Waals surface area contributed by atoms with E-state index in [-0.39, 0.29) is 22.3 Å². The zero-order valence-electron chi connectivity index (χ0n) is 10.4. The Morgan fingerprint density at radius 2 is 1.95 bits per heavy atom. The van der Waals surface area contributed by atoms with Gasteiger partial charge in [0.25, 0.3) is 5.91 Å². The number of benzene rings is 1. The van der Waals surface area contributed by atoms with Crippen LogP contribution >= 0.6 is 11.6 Å². The minimum absolute atomic E-state index is 0.0356. The highest BCUT2D eigenvalue weighted by Crippen LogP contribution is 2.16. The number of hydrogen-bond acceptors (Lipinski definition) is 3. The van der Waals surface area contributed by atoms with Crippen molar-refractivity contribution < 1.29 is 19.1 Å². The van der Waals surface area contributed by atoms with Crippen LogP contribution in [0.3, 0.4) is 0 Å². The third kappa shape index (κ3) is 3.19. The van der Waals surface area contributed by atoms with Crippen LogP contribution in [-0.2, 0) is 6.42 Å². The van der Waals surface area contributed by atoms with Crippen LogP contribution in [-0.4, -0.2) is 23.5 Å². The molecule has 0 atom stereocenters. The molecule has 104 valence electrons. The summed E-state index contributed by atoms with van der Waals surface area (Å²) in [4.78, 5) is 22.8. The van der Waals surface area contributed by atoms with Gasteiger partial charge in [0.05, 0.1) is 17.4 Å². The highest BCUT2D eigenvalue weighted by Gasteiger charge is 2.13. The van der Waals surface area contributed by atoms with Gasteiger partial charge in [-0.15, -0.1) is 0 Å². The first-order valence-corrected chi connectivity index (χ1v) is 6.30. The van der Waals surface area contributed by atoms with Crippen LogP contribution in [0.2, 0.25) is 5.22 Å². The molecule has 0 unspecified atom stereocenters. The van der Waals surface area contributed by atoms with Crippen molar-refractivity contribution in [1.29, 1.82) is 0 Å². The van der Waals surface area contributed by atoms with Crippen molar-refractivity contribution in [2.24, 2.45) is 0 Å². The Labute approximate surface area is 120 Å². The van der Waals surface area contributed by atoms with Gasteiger partial charge in [-0.1, -0.05) is 18.2 Å². The first kappa shape index (κ1) is 14.1. The van der Waals surface area contributed by atoms with Gasteiger partial charge >= 0.3 is 5.97 Å². The van der Waals surface area contributed by atoms with Crippen LogP contribution in [0, 0.1) is 0 Å². The molecule has 20 heavy (non-hydrogen) atoms. The molecule has 1 amide bonds. The number of halogens is 1. The van der Waals surface area contributed by atoms with Gasteiger partial charge in [0.15, 0.2) is 0 Å². The molecule has 2 rings (SSSR count). The summed E-state index contributed by atoms with van der Waals surface area (Å²) in [5.74, 6) is -1.33. The monoisotopic (exact) mass is 293 g/mol. The summed E-state index contributed by atoms with van der Waals surface area (Å²) in [6, 6.07) is 8.16. The van der Waals surface area contributed by atoms with Gasteiger partial charge in [0.1, 0.15) is 0 Å². The summed E-state index contributed by atoms with van der Waals surface area (Å²) >= 11 is 5.69. The lowest BCUT2D eigenvalue weighted by atomic mass is 10.0. The van der Waals surface area contributed by atoms with Crippen molar-refractivity contribution in [3.8, 4) is 0 Å². The van der Waals surface area contributed by atoms with Gasteiger partial charge in [0.2, 0.25) is 5.22 Å². The molecule has 5 nitrogen and oxygen atoms in total. The van der Waals surface area contributed by atoms with E-state index in [1.165, 1.54) is 18.4 Å². The van der Waals surface area contributed by atoms with Crippen molar-refractivity contribution in [1.82, 2.24) is 5.32 Å². The van der Waals surface area contributed by atoms with Crippen LogP contribution in [0.5, 0.6) is 0 Å². The van der Waals surface area contributed by atoms with E-state index >= 15 is 0 Å². The lowest BCUT2D eigenvalue weighted by Crippen LogP contribution is -2.26. The number of carboxylic acid groups (broad SMARTS) is 1. The Balaban J connectivity index is 1.95. The van der Waals surface area contributed by atoms with E-state index in [1.54, 1.807) is 18.2 Å². The smallest absolute Gasteiger partial charge is 0.335 e. The molecule has 1 aromatic heterocycles. The summed E-state index contributed by atoms with van der Waals surface area (Å²) in [6.45, 7) is 0.310. The number of carbonyl (C=O) groups is 2. The van der Waals surface area contributed by atoms with Crippen LogP contribution in [0.4, 0.5) is 0 Å². The van der Waals surface area contributed by atoms with Crippen LogP contribution in [0.1, 0.15) is 26.3 Å². The van der Waals surface area contributed by atoms with Gasteiger partial charge < -0.3 is 14.8 Å². The number of nitrogens with one attached hydrogen (secondary N) is 1. The Kier molecular flexibility index (Phi) is 4.42. The number of hydrogen-bond donors (Lipinski definition) is 2. The highest BCUT2D eigenvalue weighted by atomic mass is 35.5. The molecular weight excluding hydrogens is 282 g/mol. The van der Waals surface area contributed by atoms with E-state index < -0.39 is 5.97 Å². The lowest BCUT2D eigenvalue weighted by Gasteiger charge is -2.07. The van der Waals surface area contributed by atoms with Gasteiger partial charge in [-0.25, -0.2) is 4.79 Å². The third-order valence-corrected chi connectivity index (χ3v) is 3.08. The quantitative estimate of drug-likeness (QED) is 0.888. The predicted octanol–water partition coefficient (Wildman–Crippen LogP) is 2.60. The molecule has 0 fully saturated rings. The number of amides is 1. The fourth-order valence-corrected chi connectivity index (χ4v) is 2.01. The Hall–Kier alpha value is -2.27. The molecule has 2 N–H and O–H groups in total. The average Bonchev–Trinajstić information content (AvgIpc) is 2.85. The zero-order chi connectivity index (χ0) is 14.5. The van der Waals surface area contributed by atoms with Crippen molar-refractivity contribution in [3.05, 3.63) is 58.5 Å². The van der Waals surface area contributed by atoms with E-state index in [0.717, 1.165) is 0 Å². The second-order valence-electron chi connectivity index (χ2n) is 4.08. The number of furan rings is 1. The van der Waals surface area contributed by atoms with E-state index in [4.69, 9.17) is 21.1 Å². The molecule has 1 heterocycles. The molecule has 0 bridgehead atoms. The number of aromatic carboxylic acids is 1. The summed E-state index contributed by atoms with van der Waals surface area (Å²) in [5, 5.41) is 11.7. The van der Waals surface area contributed by atoms with Crippen molar-refractivity contribution >= 4 is 23.5 Å². The molecule has 0 aliphatic heterocycles. The maximum atomic E-state index is 11.8. The summed E-state index contributed by atoms with van der Waals surface area (Å²) < 4.78 is 4.83. The van der Waals surface area contributed by atoms with Crippen LogP contribution < -0.4 is 5.32 Å². The minimum Gasteiger partial charge on any atom is -0.478 e. The molecule has 0 aliphatic rings. The van der Waals surface area contributed by atoms with Gasteiger partial charge in [-0.05, 0) is 35.7 Å². The molecule has 0 saturated heterocycles. The minimum atomic E-state index is -0.982. The van der Waals surface area contributed by atoms with E-state index in [2.05, 4.69) is 5.32 Å². The first-order chi connectivity index (χ1) is 9.59. The normalized spacial score (nSPS) is 10.2. The number of carboxylic acids is 1. The standard InChI is InChI=1S/C14H12ClNO4/c15-12-11(6-8-20-12)13(17)16-7-5-9-3-1-2-4-10(9)14(18)19/h1-4,6,8H,5,7H2,(H,16,17)(H,18,19).